The molecule has 0 radical (unpaired) electrons. The Kier molecular flexibility index (Phi) is 3.96. The van der Waals surface area contributed by atoms with Crippen LogP contribution in [-0.2, 0) is 4.74 Å². The first-order valence-corrected chi connectivity index (χ1v) is 5.72. The molecule has 0 bridgehead atoms. The van der Waals surface area contributed by atoms with E-state index in [2.05, 4.69) is 33.0 Å². The summed E-state index contributed by atoms with van der Waals surface area (Å²) in [4.78, 5) is 0. The predicted octanol–water partition coefficient (Wildman–Crippen LogP) is 2.44. The highest BCUT2D eigenvalue weighted by Gasteiger charge is 2.30. The fourth-order valence-electron chi connectivity index (χ4n) is 1.54. The number of nitrogens with one attached hydrogen (secondary N) is 1. The van der Waals surface area contributed by atoms with Crippen LogP contribution in [0.3, 0.4) is 0 Å². The second-order valence-electron chi connectivity index (χ2n) is 5.55. The van der Waals surface area contributed by atoms with Gasteiger partial charge in [0.2, 0.25) is 0 Å². The van der Waals surface area contributed by atoms with Gasteiger partial charge in [0.15, 0.2) is 0 Å². The van der Waals surface area contributed by atoms with Crippen LogP contribution in [0.25, 0.3) is 0 Å². The molecule has 0 spiro atoms. The zero-order valence-electron chi connectivity index (χ0n) is 10.3. The lowest BCUT2D eigenvalue weighted by atomic mass is 9.80. The first-order chi connectivity index (χ1) is 6.45. The molecule has 0 unspecified atom stereocenters. The van der Waals surface area contributed by atoms with Crippen molar-refractivity contribution in [1.29, 1.82) is 0 Å². The average molecular weight is 199 g/mol. The largest absolute Gasteiger partial charge is 0.381 e. The summed E-state index contributed by atoms with van der Waals surface area (Å²) >= 11 is 0. The maximum atomic E-state index is 5.26. The van der Waals surface area contributed by atoms with Gasteiger partial charge in [0.25, 0.3) is 0 Å². The van der Waals surface area contributed by atoms with Crippen LogP contribution >= 0.6 is 0 Å². The minimum atomic E-state index is 0.401. The van der Waals surface area contributed by atoms with Gasteiger partial charge in [0, 0.05) is 19.7 Å². The lowest BCUT2D eigenvalue weighted by molar-refractivity contribution is 0.0137. The van der Waals surface area contributed by atoms with E-state index in [0.29, 0.717) is 17.6 Å². The standard InChI is InChI=1S/C12H25NO/c1-9(2)12(3,4)8-13-10-6-11(7-10)14-5/h9-11,13H,6-8H2,1-5H3. The average Bonchev–Trinajstić information content (AvgIpc) is 2.01. The summed E-state index contributed by atoms with van der Waals surface area (Å²) in [5.41, 5.74) is 0.401. The zero-order valence-corrected chi connectivity index (χ0v) is 10.3. The maximum Gasteiger partial charge on any atom is 0.0601 e. The van der Waals surface area contributed by atoms with Crippen molar-refractivity contribution >= 4 is 0 Å². The van der Waals surface area contributed by atoms with Gasteiger partial charge in [0.05, 0.1) is 6.10 Å². The Morgan fingerprint density at radius 1 is 1.36 bits per heavy atom. The van der Waals surface area contributed by atoms with Crippen LogP contribution in [0.5, 0.6) is 0 Å². The van der Waals surface area contributed by atoms with E-state index < -0.39 is 0 Å². The fraction of sp³-hybridized carbons (Fsp3) is 1.00. The van der Waals surface area contributed by atoms with Crippen LogP contribution < -0.4 is 5.32 Å². The molecule has 0 saturated heterocycles. The Balaban J connectivity index is 2.16. The first-order valence-electron chi connectivity index (χ1n) is 5.72. The van der Waals surface area contributed by atoms with Gasteiger partial charge < -0.3 is 10.1 Å². The summed E-state index contributed by atoms with van der Waals surface area (Å²) in [5, 5.41) is 3.62. The van der Waals surface area contributed by atoms with Crippen molar-refractivity contribution in [3.05, 3.63) is 0 Å². The molecule has 1 fully saturated rings. The van der Waals surface area contributed by atoms with E-state index in [-0.39, 0.29) is 0 Å². The molecule has 0 aliphatic heterocycles. The third kappa shape index (κ3) is 2.96. The molecule has 0 aromatic carbocycles. The second-order valence-corrected chi connectivity index (χ2v) is 5.55. The van der Waals surface area contributed by atoms with Crippen molar-refractivity contribution < 1.29 is 4.74 Å². The van der Waals surface area contributed by atoms with Gasteiger partial charge in [0.1, 0.15) is 0 Å². The number of ether oxygens (including phenoxy) is 1. The highest BCUT2D eigenvalue weighted by Crippen LogP contribution is 2.27. The molecule has 1 aliphatic rings. The Morgan fingerprint density at radius 3 is 2.36 bits per heavy atom. The topological polar surface area (TPSA) is 21.3 Å². The highest BCUT2D eigenvalue weighted by molar-refractivity contribution is 4.87. The highest BCUT2D eigenvalue weighted by atomic mass is 16.5. The van der Waals surface area contributed by atoms with E-state index in [1.54, 1.807) is 7.11 Å². The molecular formula is C12H25NO. The van der Waals surface area contributed by atoms with Crippen LogP contribution in [0.15, 0.2) is 0 Å². The fourth-order valence-corrected chi connectivity index (χ4v) is 1.54. The van der Waals surface area contributed by atoms with E-state index in [1.807, 2.05) is 0 Å². The number of methoxy groups -OCH3 is 1. The van der Waals surface area contributed by atoms with Crippen LogP contribution in [-0.4, -0.2) is 25.8 Å². The lowest BCUT2D eigenvalue weighted by Gasteiger charge is -2.38. The van der Waals surface area contributed by atoms with E-state index >= 15 is 0 Å². The van der Waals surface area contributed by atoms with Crippen molar-refractivity contribution in [2.45, 2.75) is 52.7 Å². The molecule has 1 saturated carbocycles. The molecule has 0 aromatic rings. The molecule has 1 aliphatic carbocycles. The van der Waals surface area contributed by atoms with Gasteiger partial charge in [-0.25, -0.2) is 0 Å². The molecular weight excluding hydrogens is 174 g/mol. The molecule has 14 heavy (non-hydrogen) atoms. The van der Waals surface area contributed by atoms with E-state index in [0.717, 1.165) is 12.5 Å². The van der Waals surface area contributed by atoms with Gasteiger partial charge in [-0.15, -0.1) is 0 Å². The molecule has 0 atom stereocenters. The molecule has 1 N–H and O–H groups in total. The minimum Gasteiger partial charge on any atom is -0.381 e. The Morgan fingerprint density at radius 2 is 1.93 bits per heavy atom. The number of hydrogen-bond donors (Lipinski definition) is 1. The van der Waals surface area contributed by atoms with Crippen LogP contribution in [0, 0.1) is 11.3 Å². The summed E-state index contributed by atoms with van der Waals surface area (Å²) in [6.45, 7) is 10.4. The predicted molar refractivity (Wildman–Crippen MR) is 60.4 cm³/mol. The molecule has 2 heteroatoms. The molecule has 1 rings (SSSR count). The molecule has 0 amide bonds. The normalized spacial score (nSPS) is 27.9. The summed E-state index contributed by atoms with van der Waals surface area (Å²) in [5.74, 6) is 0.730. The van der Waals surface area contributed by atoms with Crippen LogP contribution in [0.4, 0.5) is 0 Å². The number of rotatable bonds is 5. The van der Waals surface area contributed by atoms with Crippen molar-refractivity contribution in [2.75, 3.05) is 13.7 Å². The van der Waals surface area contributed by atoms with Gasteiger partial charge in [-0.2, -0.15) is 0 Å². The van der Waals surface area contributed by atoms with Crippen molar-refractivity contribution in [3.8, 4) is 0 Å². The molecule has 2 nitrogen and oxygen atoms in total. The maximum absolute atomic E-state index is 5.26. The summed E-state index contributed by atoms with van der Waals surface area (Å²) in [7, 11) is 1.80. The minimum absolute atomic E-state index is 0.401. The van der Waals surface area contributed by atoms with E-state index in [9.17, 15) is 0 Å². The van der Waals surface area contributed by atoms with Gasteiger partial charge in [-0.1, -0.05) is 27.7 Å². The monoisotopic (exact) mass is 199 g/mol. The Hall–Kier alpha value is -0.0800. The van der Waals surface area contributed by atoms with Crippen LogP contribution in [0.2, 0.25) is 0 Å². The summed E-state index contributed by atoms with van der Waals surface area (Å²) < 4.78 is 5.26. The second kappa shape index (κ2) is 4.63. The van der Waals surface area contributed by atoms with Crippen molar-refractivity contribution in [1.82, 2.24) is 5.32 Å². The van der Waals surface area contributed by atoms with Gasteiger partial charge in [-0.05, 0) is 24.2 Å². The van der Waals surface area contributed by atoms with Crippen molar-refractivity contribution in [2.24, 2.45) is 11.3 Å². The molecule has 0 heterocycles. The smallest absolute Gasteiger partial charge is 0.0601 e. The summed E-state index contributed by atoms with van der Waals surface area (Å²) in [6.07, 6.45) is 2.88. The quantitative estimate of drug-likeness (QED) is 0.734. The SMILES string of the molecule is COC1CC(NCC(C)(C)C(C)C)C1. The summed E-state index contributed by atoms with van der Waals surface area (Å²) in [6, 6.07) is 0.693. The van der Waals surface area contributed by atoms with E-state index in [4.69, 9.17) is 4.74 Å². The number of hydrogen-bond acceptors (Lipinski definition) is 2. The molecule has 84 valence electrons. The van der Waals surface area contributed by atoms with E-state index in [1.165, 1.54) is 12.8 Å². The Bertz CT molecular complexity index is 171. The van der Waals surface area contributed by atoms with Crippen LogP contribution in [0.1, 0.15) is 40.5 Å². The first kappa shape index (κ1) is 12.0. The Labute approximate surface area is 88.4 Å². The van der Waals surface area contributed by atoms with Gasteiger partial charge in [-0.3, -0.25) is 0 Å². The third-order valence-corrected chi connectivity index (χ3v) is 3.84. The third-order valence-electron chi connectivity index (χ3n) is 3.84. The molecule has 0 aromatic heterocycles. The lowest BCUT2D eigenvalue weighted by Crippen LogP contribution is -2.48. The van der Waals surface area contributed by atoms with Crippen molar-refractivity contribution in [3.63, 3.8) is 0 Å². The zero-order chi connectivity index (χ0) is 10.8. The van der Waals surface area contributed by atoms with Gasteiger partial charge >= 0.3 is 0 Å².